The molecule has 0 radical (unpaired) electrons. The molecule has 0 fully saturated rings. The molecule has 1 rings (SSSR count). The number of nitrogens with one attached hydrogen (secondary N) is 2. The lowest BCUT2D eigenvalue weighted by atomic mass is 10.1. The molecule has 18 heavy (non-hydrogen) atoms. The minimum atomic E-state index is 0. The monoisotopic (exact) mass is 401 g/mol. The summed E-state index contributed by atoms with van der Waals surface area (Å²) in [5.41, 5.74) is 1.12. The summed E-state index contributed by atoms with van der Waals surface area (Å²) >= 11 is 11.9. The number of aryl methyl sites for hydroxylation is 1. The quantitative estimate of drug-likeness (QED) is 0.351. The maximum absolute atomic E-state index is 6.08. The van der Waals surface area contributed by atoms with Crippen LogP contribution >= 0.6 is 47.2 Å². The predicted octanol–water partition coefficient (Wildman–Crippen LogP) is 3.34. The van der Waals surface area contributed by atoms with Gasteiger partial charge < -0.3 is 10.6 Å². The van der Waals surface area contributed by atoms with Gasteiger partial charge >= 0.3 is 0 Å². The first kappa shape index (κ1) is 17.8. The van der Waals surface area contributed by atoms with Crippen LogP contribution in [0.3, 0.4) is 0 Å². The molecular formula is C12H18Cl2IN3. The van der Waals surface area contributed by atoms with E-state index in [0.717, 1.165) is 35.9 Å². The first-order valence-electron chi connectivity index (χ1n) is 5.49. The summed E-state index contributed by atoms with van der Waals surface area (Å²) in [7, 11) is 3.58. The average molecular weight is 402 g/mol. The molecule has 0 spiro atoms. The van der Waals surface area contributed by atoms with E-state index in [1.54, 1.807) is 13.1 Å². The molecule has 0 heterocycles. The van der Waals surface area contributed by atoms with Crippen molar-refractivity contribution in [1.29, 1.82) is 0 Å². The average Bonchev–Trinajstić information content (AvgIpc) is 2.32. The van der Waals surface area contributed by atoms with Crippen molar-refractivity contribution in [2.75, 3.05) is 20.6 Å². The van der Waals surface area contributed by atoms with Crippen molar-refractivity contribution in [3.05, 3.63) is 33.8 Å². The van der Waals surface area contributed by atoms with Gasteiger partial charge in [-0.25, -0.2) is 0 Å². The van der Waals surface area contributed by atoms with Crippen molar-refractivity contribution < 1.29 is 0 Å². The van der Waals surface area contributed by atoms with Gasteiger partial charge in [0.15, 0.2) is 5.96 Å². The highest BCUT2D eigenvalue weighted by molar-refractivity contribution is 14.0. The van der Waals surface area contributed by atoms with Crippen LogP contribution in [0.5, 0.6) is 0 Å². The van der Waals surface area contributed by atoms with Crippen LogP contribution in [0.1, 0.15) is 12.0 Å². The number of halogens is 3. The van der Waals surface area contributed by atoms with Gasteiger partial charge in [-0.3, -0.25) is 4.99 Å². The third-order valence-electron chi connectivity index (χ3n) is 2.39. The SMILES string of the molecule is CN=C(NC)NCCCc1ccc(Cl)cc1Cl.I. The largest absolute Gasteiger partial charge is 0.359 e. The zero-order valence-electron chi connectivity index (χ0n) is 10.5. The molecule has 0 aromatic heterocycles. The molecule has 2 N–H and O–H groups in total. The van der Waals surface area contributed by atoms with E-state index in [2.05, 4.69) is 15.6 Å². The van der Waals surface area contributed by atoms with Gasteiger partial charge in [0.2, 0.25) is 0 Å². The number of rotatable bonds is 4. The van der Waals surface area contributed by atoms with Gasteiger partial charge in [0, 0.05) is 30.7 Å². The minimum absolute atomic E-state index is 0. The summed E-state index contributed by atoms with van der Waals surface area (Å²) in [4.78, 5) is 4.03. The highest BCUT2D eigenvalue weighted by atomic mass is 127. The molecular weight excluding hydrogens is 384 g/mol. The second kappa shape index (κ2) is 9.69. The van der Waals surface area contributed by atoms with Gasteiger partial charge in [0.1, 0.15) is 0 Å². The second-order valence-electron chi connectivity index (χ2n) is 3.59. The molecule has 0 bridgehead atoms. The van der Waals surface area contributed by atoms with Crippen molar-refractivity contribution in [3.63, 3.8) is 0 Å². The Morgan fingerprint density at radius 1 is 1.33 bits per heavy atom. The van der Waals surface area contributed by atoms with E-state index in [0.29, 0.717) is 5.02 Å². The Kier molecular flexibility index (Phi) is 9.59. The first-order chi connectivity index (χ1) is 8.17. The molecule has 0 unspecified atom stereocenters. The zero-order chi connectivity index (χ0) is 12.7. The van der Waals surface area contributed by atoms with Gasteiger partial charge in [0.05, 0.1) is 0 Å². The molecule has 0 amide bonds. The normalized spacial score (nSPS) is 10.8. The predicted molar refractivity (Wildman–Crippen MR) is 90.6 cm³/mol. The molecule has 0 atom stereocenters. The molecule has 1 aromatic rings. The summed E-state index contributed by atoms with van der Waals surface area (Å²) in [6, 6.07) is 5.61. The van der Waals surface area contributed by atoms with Crippen LogP contribution in [-0.2, 0) is 6.42 Å². The molecule has 0 saturated heterocycles. The van der Waals surface area contributed by atoms with Crippen molar-refractivity contribution >= 4 is 53.1 Å². The molecule has 0 saturated carbocycles. The standard InChI is InChI=1S/C12H17Cl2N3.HI/c1-15-12(16-2)17-7-3-4-9-5-6-10(13)8-11(9)14;/h5-6,8H,3-4,7H2,1-2H3,(H2,15,16,17);1H. The fourth-order valence-corrected chi connectivity index (χ4v) is 1.99. The summed E-state index contributed by atoms with van der Waals surface area (Å²) < 4.78 is 0. The molecule has 6 heteroatoms. The van der Waals surface area contributed by atoms with E-state index in [1.165, 1.54) is 0 Å². The number of guanidine groups is 1. The van der Waals surface area contributed by atoms with Gasteiger partial charge in [0.25, 0.3) is 0 Å². The number of nitrogens with zero attached hydrogens (tertiary/aromatic N) is 1. The van der Waals surface area contributed by atoms with E-state index in [9.17, 15) is 0 Å². The van der Waals surface area contributed by atoms with Gasteiger partial charge in [-0.15, -0.1) is 24.0 Å². The summed E-state index contributed by atoms with van der Waals surface area (Å²) in [6.07, 6.45) is 1.91. The minimum Gasteiger partial charge on any atom is -0.359 e. The molecule has 0 aliphatic heterocycles. The highest BCUT2D eigenvalue weighted by Gasteiger charge is 2.01. The van der Waals surface area contributed by atoms with Gasteiger partial charge in [-0.05, 0) is 30.5 Å². The first-order valence-corrected chi connectivity index (χ1v) is 6.25. The Bertz CT molecular complexity index is 397. The van der Waals surface area contributed by atoms with E-state index in [-0.39, 0.29) is 24.0 Å². The van der Waals surface area contributed by atoms with Crippen molar-refractivity contribution in [2.24, 2.45) is 4.99 Å². The number of aliphatic imine (C=N–C) groups is 1. The summed E-state index contributed by atoms with van der Waals surface area (Å²) in [5, 5.41) is 7.56. The lowest BCUT2D eigenvalue weighted by Gasteiger charge is -2.09. The second-order valence-corrected chi connectivity index (χ2v) is 4.43. The third kappa shape index (κ3) is 6.11. The lowest BCUT2D eigenvalue weighted by Crippen LogP contribution is -2.35. The van der Waals surface area contributed by atoms with E-state index >= 15 is 0 Å². The highest BCUT2D eigenvalue weighted by Crippen LogP contribution is 2.21. The van der Waals surface area contributed by atoms with Crippen LogP contribution in [0.25, 0.3) is 0 Å². The van der Waals surface area contributed by atoms with Gasteiger partial charge in [-0.1, -0.05) is 29.3 Å². The van der Waals surface area contributed by atoms with E-state index in [4.69, 9.17) is 23.2 Å². The van der Waals surface area contributed by atoms with Crippen LogP contribution in [0, 0.1) is 0 Å². The number of hydrogen-bond donors (Lipinski definition) is 2. The molecule has 0 aliphatic carbocycles. The van der Waals surface area contributed by atoms with Crippen LogP contribution < -0.4 is 10.6 Å². The van der Waals surface area contributed by atoms with Crippen LogP contribution in [0.15, 0.2) is 23.2 Å². The maximum atomic E-state index is 6.08. The van der Waals surface area contributed by atoms with E-state index < -0.39 is 0 Å². The Labute approximate surface area is 135 Å². The van der Waals surface area contributed by atoms with Crippen molar-refractivity contribution in [1.82, 2.24) is 10.6 Å². The summed E-state index contributed by atoms with van der Waals surface area (Å²) in [6.45, 7) is 0.854. The molecule has 3 nitrogen and oxygen atoms in total. The Morgan fingerprint density at radius 2 is 2.06 bits per heavy atom. The van der Waals surface area contributed by atoms with Gasteiger partial charge in [-0.2, -0.15) is 0 Å². The van der Waals surface area contributed by atoms with Crippen molar-refractivity contribution in [3.8, 4) is 0 Å². The maximum Gasteiger partial charge on any atom is 0.190 e. The molecule has 102 valence electrons. The summed E-state index contributed by atoms with van der Waals surface area (Å²) in [5.74, 6) is 0.798. The van der Waals surface area contributed by atoms with Crippen LogP contribution in [0.4, 0.5) is 0 Å². The Balaban J connectivity index is 0.00000289. The Morgan fingerprint density at radius 3 is 2.61 bits per heavy atom. The molecule has 1 aromatic carbocycles. The fraction of sp³-hybridized carbons (Fsp3) is 0.417. The topological polar surface area (TPSA) is 36.4 Å². The Hall–Kier alpha value is -0.200. The fourth-order valence-electron chi connectivity index (χ4n) is 1.49. The van der Waals surface area contributed by atoms with Crippen LogP contribution in [-0.4, -0.2) is 26.6 Å². The van der Waals surface area contributed by atoms with Crippen molar-refractivity contribution in [2.45, 2.75) is 12.8 Å². The van der Waals surface area contributed by atoms with E-state index in [1.807, 2.05) is 19.2 Å². The van der Waals surface area contributed by atoms with Crippen LogP contribution in [0.2, 0.25) is 10.0 Å². The smallest absolute Gasteiger partial charge is 0.190 e. The number of benzene rings is 1. The number of hydrogen-bond acceptors (Lipinski definition) is 1. The zero-order valence-corrected chi connectivity index (χ0v) is 14.3. The molecule has 0 aliphatic rings. The lowest BCUT2D eigenvalue weighted by molar-refractivity contribution is 0.758. The third-order valence-corrected chi connectivity index (χ3v) is 2.98.